The summed E-state index contributed by atoms with van der Waals surface area (Å²) in [5.74, 6) is 0.787. The first-order chi connectivity index (χ1) is 12.6. The predicted octanol–water partition coefficient (Wildman–Crippen LogP) is 2.29. The number of H-pyrrole nitrogens is 1. The molecule has 26 heavy (non-hydrogen) atoms. The second kappa shape index (κ2) is 6.68. The Morgan fingerprint density at radius 1 is 1.35 bits per heavy atom. The minimum absolute atomic E-state index is 0.0798. The van der Waals surface area contributed by atoms with Crippen LogP contribution in [0.1, 0.15) is 18.4 Å². The number of nitrogen functional groups attached to an aromatic ring is 1. The lowest BCUT2D eigenvalue weighted by molar-refractivity contribution is -0.295. The molecule has 7 nitrogen and oxygen atoms in total. The molecule has 0 amide bonds. The summed E-state index contributed by atoms with van der Waals surface area (Å²) >= 11 is 0. The van der Waals surface area contributed by atoms with Gasteiger partial charge in [0.2, 0.25) is 6.34 Å². The molecule has 0 unspecified atom stereocenters. The summed E-state index contributed by atoms with van der Waals surface area (Å²) in [6.07, 6.45) is 3.39. The number of nitrogens with two attached hydrogens (primary N) is 1. The van der Waals surface area contributed by atoms with E-state index < -0.39 is 0 Å². The molecule has 1 aromatic carbocycles. The van der Waals surface area contributed by atoms with Crippen LogP contribution in [0.25, 0.3) is 0 Å². The molecule has 1 aliphatic heterocycles. The van der Waals surface area contributed by atoms with E-state index in [0.717, 1.165) is 29.7 Å². The number of hydrogen-bond donors (Lipinski definition) is 2. The average Bonchev–Trinajstić information content (AvgIpc) is 3.20. The molecule has 0 spiro atoms. The van der Waals surface area contributed by atoms with E-state index >= 15 is 0 Å². The van der Waals surface area contributed by atoms with Gasteiger partial charge in [0.15, 0.2) is 0 Å². The van der Waals surface area contributed by atoms with Crippen LogP contribution in [0, 0.1) is 5.92 Å². The summed E-state index contributed by atoms with van der Waals surface area (Å²) in [6, 6.07) is 10.1. The number of fused-ring (bicyclic) bond motifs is 1. The Hall–Kier alpha value is -3.06. The molecular weight excluding hydrogens is 330 g/mol. The number of benzene rings is 1. The predicted molar refractivity (Wildman–Crippen MR) is 100 cm³/mol. The second-order valence-electron chi connectivity index (χ2n) is 6.45. The van der Waals surface area contributed by atoms with Crippen LogP contribution >= 0.6 is 0 Å². The van der Waals surface area contributed by atoms with E-state index in [4.69, 9.17) is 10.5 Å². The summed E-state index contributed by atoms with van der Waals surface area (Å²) < 4.78 is 7.70. The summed E-state index contributed by atoms with van der Waals surface area (Å²) in [5.41, 5.74) is 8.78. The second-order valence-corrected chi connectivity index (χ2v) is 6.45. The van der Waals surface area contributed by atoms with Gasteiger partial charge >= 0.3 is 11.4 Å². The van der Waals surface area contributed by atoms with Crippen LogP contribution in [0.3, 0.4) is 0 Å². The molecular formula is C19H20N5O2+. The Balaban J connectivity index is 1.49. The van der Waals surface area contributed by atoms with Gasteiger partial charge in [-0.3, -0.25) is 9.78 Å². The molecule has 0 bridgehead atoms. The fraction of sp³-hybridized carbons (Fsp3) is 0.263. The monoisotopic (exact) mass is 350 g/mol. The molecule has 3 N–H and O–H groups in total. The molecule has 7 heteroatoms. The Morgan fingerprint density at radius 2 is 2.15 bits per heavy atom. The number of aromatic nitrogens is 2. The van der Waals surface area contributed by atoms with Crippen molar-refractivity contribution in [1.82, 2.24) is 9.97 Å². The molecule has 1 saturated carbocycles. The van der Waals surface area contributed by atoms with Gasteiger partial charge in [-0.05, 0) is 17.6 Å². The number of aliphatic imine (C=N–C) groups is 1. The van der Waals surface area contributed by atoms with Crippen molar-refractivity contribution in [3.05, 3.63) is 58.4 Å². The molecule has 1 atom stereocenters. The number of nitrogens with zero attached hydrogens (tertiary/aromatic N) is 3. The number of aromatic amines is 1. The number of hydrogen-bond acceptors (Lipinski definition) is 5. The van der Waals surface area contributed by atoms with Gasteiger partial charge in [0.1, 0.15) is 0 Å². The van der Waals surface area contributed by atoms with Crippen molar-refractivity contribution in [1.29, 1.82) is 0 Å². The molecule has 4 rings (SSSR count). The molecule has 2 aliphatic rings. The van der Waals surface area contributed by atoms with Crippen molar-refractivity contribution in [3.63, 3.8) is 0 Å². The lowest BCUT2D eigenvalue weighted by atomic mass is 10.1. The maximum absolute atomic E-state index is 11.9. The van der Waals surface area contributed by atoms with Gasteiger partial charge in [0, 0.05) is 12.3 Å². The standard InChI is InChI=1S/C19H19N5O2/c1-12-14(10-26-9-13-5-3-2-4-6-13)7-8-15(12)24-11-21-16-17(24)22-19(20)23-18(16)25/h2-6,11,14H,1,7-10H2,(H2-,20,22,23,25)/p+1/b24-15-/t14-/m0/s1. The highest BCUT2D eigenvalue weighted by Crippen LogP contribution is 2.33. The van der Waals surface area contributed by atoms with E-state index in [0.29, 0.717) is 19.0 Å². The maximum Gasteiger partial charge on any atom is 0.320 e. The smallest absolute Gasteiger partial charge is 0.320 e. The summed E-state index contributed by atoms with van der Waals surface area (Å²) in [6.45, 7) is 5.44. The van der Waals surface area contributed by atoms with Crippen LogP contribution < -0.4 is 11.3 Å². The molecule has 0 radical (unpaired) electrons. The Bertz CT molecular complexity index is 975. The van der Waals surface area contributed by atoms with Crippen molar-refractivity contribution in [2.75, 3.05) is 12.3 Å². The fourth-order valence-electron chi connectivity index (χ4n) is 3.36. The van der Waals surface area contributed by atoms with Crippen molar-refractivity contribution in [2.45, 2.75) is 19.4 Å². The number of anilines is 1. The van der Waals surface area contributed by atoms with Crippen molar-refractivity contribution >= 4 is 29.5 Å². The van der Waals surface area contributed by atoms with E-state index in [-0.39, 0.29) is 23.1 Å². The van der Waals surface area contributed by atoms with Crippen molar-refractivity contribution in [2.24, 2.45) is 10.9 Å². The fourth-order valence-corrected chi connectivity index (χ4v) is 3.36. The first-order valence-electron chi connectivity index (χ1n) is 8.53. The van der Waals surface area contributed by atoms with Crippen LogP contribution in [0.15, 0.2) is 52.3 Å². The van der Waals surface area contributed by atoms with Gasteiger partial charge in [-0.15, -0.1) is 0 Å². The Labute approximate surface area is 150 Å². The third-order valence-electron chi connectivity index (χ3n) is 4.74. The highest BCUT2D eigenvalue weighted by molar-refractivity contribution is 6.01. The molecule has 0 saturated heterocycles. The third kappa shape index (κ3) is 2.97. The van der Waals surface area contributed by atoms with Gasteiger partial charge in [0.05, 0.1) is 18.9 Å². The van der Waals surface area contributed by atoms with Crippen LogP contribution in [0.5, 0.6) is 0 Å². The van der Waals surface area contributed by atoms with Gasteiger partial charge in [-0.1, -0.05) is 46.9 Å². The molecule has 2 aromatic rings. The van der Waals surface area contributed by atoms with Gasteiger partial charge in [0.25, 0.3) is 11.6 Å². The Kier molecular flexibility index (Phi) is 4.22. The highest BCUT2D eigenvalue weighted by Gasteiger charge is 2.34. The van der Waals surface area contributed by atoms with E-state index in [1.54, 1.807) is 6.34 Å². The highest BCUT2D eigenvalue weighted by atomic mass is 16.5. The van der Waals surface area contributed by atoms with Crippen LogP contribution in [-0.4, -0.2) is 33.2 Å². The minimum atomic E-state index is -0.335. The van der Waals surface area contributed by atoms with E-state index in [1.165, 1.54) is 0 Å². The number of nitrogens with one attached hydrogen (secondary N) is 1. The van der Waals surface area contributed by atoms with Gasteiger partial charge in [-0.25, -0.2) is 0 Å². The maximum atomic E-state index is 11.9. The zero-order chi connectivity index (χ0) is 18.1. The van der Waals surface area contributed by atoms with E-state index in [2.05, 4.69) is 21.5 Å². The molecule has 2 heterocycles. The SMILES string of the molecule is C=C1/C(=[N+]2/C=Nc3c2nc(N)[nH]c3=O)CC[C@H]1COCc1ccccc1. The largest absolute Gasteiger partial charge is 0.376 e. The lowest BCUT2D eigenvalue weighted by Crippen LogP contribution is -2.18. The third-order valence-corrected chi connectivity index (χ3v) is 4.74. The quantitative estimate of drug-likeness (QED) is 0.827. The van der Waals surface area contributed by atoms with Crippen LogP contribution in [0.2, 0.25) is 0 Å². The summed E-state index contributed by atoms with van der Waals surface area (Å²) in [5, 5.41) is 0. The molecule has 1 aromatic heterocycles. The molecule has 1 aliphatic carbocycles. The topological polar surface area (TPSA) is 96.4 Å². The van der Waals surface area contributed by atoms with Gasteiger partial charge < -0.3 is 10.5 Å². The van der Waals surface area contributed by atoms with Crippen LogP contribution in [-0.2, 0) is 11.3 Å². The van der Waals surface area contributed by atoms with Crippen molar-refractivity contribution < 1.29 is 9.31 Å². The minimum Gasteiger partial charge on any atom is -0.376 e. The molecule has 132 valence electrons. The van der Waals surface area contributed by atoms with Crippen molar-refractivity contribution in [3.8, 4) is 0 Å². The van der Waals surface area contributed by atoms with Crippen LogP contribution in [0.4, 0.5) is 17.5 Å². The van der Waals surface area contributed by atoms with E-state index in [9.17, 15) is 4.79 Å². The summed E-state index contributed by atoms with van der Waals surface area (Å²) in [7, 11) is 0. The van der Waals surface area contributed by atoms with Gasteiger partial charge in [-0.2, -0.15) is 4.58 Å². The lowest BCUT2D eigenvalue weighted by Gasteiger charge is -2.11. The number of rotatable bonds is 4. The zero-order valence-electron chi connectivity index (χ0n) is 14.3. The summed E-state index contributed by atoms with van der Waals surface area (Å²) in [4.78, 5) is 22.8. The number of ether oxygens (including phenoxy) is 1. The first-order valence-corrected chi connectivity index (χ1v) is 8.53. The van der Waals surface area contributed by atoms with E-state index in [1.807, 2.05) is 34.9 Å². The zero-order valence-corrected chi connectivity index (χ0v) is 14.3. The first kappa shape index (κ1) is 16.4. The normalized spacial score (nSPS) is 21.4. The molecule has 1 fully saturated rings. The Morgan fingerprint density at radius 3 is 2.96 bits per heavy atom. The average molecular weight is 350 g/mol.